The molecule has 0 aliphatic heterocycles. The molecule has 4 aromatic rings. The Hall–Kier alpha value is -3.78. The largest absolute Gasteiger partial charge is 0.352 e. The topological polar surface area (TPSA) is 88.9 Å². The molecule has 2 N–H and O–H groups in total. The van der Waals surface area contributed by atoms with Crippen LogP contribution < -0.4 is 10.6 Å². The number of rotatable bonds is 7. The van der Waals surface area contributed by atoms with E-state index in [1.807, 2.05) is 50.4 Å². The molecule has 0 unspecified atom stereocenters. The van der Waals surface area contributed by atoms with Gasteiger partial charge >= 0.3 is 0 Å². The summed E-state index contributed by atoms with van der Waals surface area (Å²) >= 11 is 1.37. The van der Waals surface area contributed by atoms with Crippen LogP contribution in [0.2, 0.25) is 0 Å². The van der Waals surface area contributed by atoms with Gasteiger partial charge in [-0.05, 0) is 30.2 Å². The molecule has 0 saturated heterocycles. The normalized spacial score (nSPS) is 10.8. The van der Waals surface area contributed by atoms with Crippen molar-refractivity contribution < 1.29 is 9.59 Å². The van der Waals surface area contributed by atoms with Crippen LogP contribution in [0.1, 0.15) is 34.7 Å². The summed E-state index contributed by atoms with van der Waals surface area (Å²) in [5.74, 6) is -0.255. The van der Waals surface area contributed by atoms with Crippen molar-refractivity contribution in [1.82, 2.24) is 20.1 Å². The lowest BCUT2D eigenvalue weighted by Crippen LogP contribution is -2.28. The second kappa shape index (κ2) is 9.57. The number of benzene rings is 2. The molecular weight excluding hydrogens is 422 g/mol. The minimum atomic E-state index is -0.368. The van der Waals surface area contributed by atoms with Gasteiger partial charge in [-0.1, -0.05) is 44.2 Å². The number of anilines is 1. The average molecular weight is 446 g/mol. The second-order valence-electron chi connectivity index (χ2n) is 7.65. The van der Waals surface area contributed by atoms with E-state index in [1.54, 1.807) is 40.5 Å². The van der Waals surface area contributed by atoms with Crippen LogP contribution in [-0.2, 0) is 0 Å². The number of thiazole rings is 1. The van der Waals surface area contributed by atoms with E-state index < -0.39 is 0 Å². The lowest BCUT2D eigenvalue weighted by atomic mass is 10.1. The first-order valence-corrected chi connectivity index (χ1v) is 11.1. The van der Waals surface area contributed by atoms with Gasteiger partial charge in [0.15, 0.2) is 0 Å². The fourth-order valence-corrected chi connectivity index (χ4v) is 3.81. The molecule has 0 aliphatic carbocycles. The van der Waals surface area contributed by atoms with Crippen molar-refractivity contribution in [2.75, 3.05) is 11.9 Å². The third-order valence-corrected chi connectivity index (χ3v) is 5.57. The third kappa shape index (κ3) is 4.92. The summed E-state index contributed by atoms with van der Waals surface area (Å²) in [6.45, 7) is 4.61. The highest BCUT2D eigenvalue weighted by Gasteiger charge is 2.17. The Labute approximate surface area is 190 Å². The van der Waals surface area contributed by atoms with Crippen molar-refractivity contribution in [1.29, 1.82) is 0 Å². The molecule has 2 amide bonds. The molecule has 8 heteroatoms. The Morgan fingerprint density at radius 2 is 1.78 bits per heavy atom. The minimum absolute atomic E-state index is 0.220. The number of hydrogen-bond donors (Lipinski definition) is 2. The molecule has 0 bridgehead atoms. The van der Waals surface area contributed by atoms with Gasteiger partial charge in [-0.15, -0.1) is 11.3 Å². The number of carbonyl (C=O) groups is 2. The monoisotopic (exact) mass is 445 g/mol. The number of para-hydroxylation sites is 2. The molecule has 0 aliphatic rings. The summed E-state index contributed by atoms with van der Waals surface area (Å²) in [5.41, 5.74) is 2.92. The van der Waals surface area contributed by atoms with Gasteiger partial charge in [-0.3, -0.25) is 9.59 Å². The van der Waals surface area contributed by atoms with Gasteiger partial charge < -0.3 is 10.6 Å². The number of nitrogens with one attached hydrogen (secondary N) is 2. The second-order valence-corrected chi connectivity index (χ2v) is 8.51. The van der Waals surface area contributed by atoms with Crippen LogP contribution in [0.15, 0.2) is 72.4 Å². The summed E-state index contributed by atoms with van der Waals surface area (Å²) in [6, 6.07) is 16.7. The van der Waals surface area contributed by atoms with Crippen molar-refractivity contribution in [3.63, 3.8) is 0 Å². The van der Waals surface area contributed by atoms with Gasteiger partial charge in [0.25, 0.3) is 11.8 Å². The molecule has 0 saturated carbocycles. The highest BCUT2D eigenvalue weighted by molar-refractivity contribution is 7.13. The smallest absolute Gasteiger partial charge is 0.275 e. The van der Waals surface area contributed by atoms with Crippen molar-refractivity contribution in [3.05, 3.63) is 83.6 Å². The zero-order valence-electron chi connectivity index (χ0n) is 17.8. The molecule has 4 rings (SSSR count). The van der Waals surface area contributed by atoms with Gasteiger partial charge in [0, 0.05) is 23.7 Å². The first-order chi connectivity index (χ1) is 15.5. The predicted molar refractivity (Wildman–Crippen MR) is 126 cm³/mol. The fraction of sp³-hybridized carbons (Fsp3) is 0.167. The van der Waals surface area contributed by atoms with Crippen molar-refractivity contribution >= 4 is 28.8 Å². The summed E-state index contributed by atoms with van der Waals surface area (Å²) in [5, 5.41) is 12.5. The first-order valence-electron chi connectivity index (χ1n) is 10.3. The molecule has 162 valence electrons. The zero-order chi connectivity index (χ0) is 22.5. The number of amides is 2. The van der Waals surface area contributed by atoms with E-state index in [2.05, 4.69) is 20.7 Å². The summed E-state index contributed by atoms with van der Waals surface area (Å²) in [4.78, 5) is 29.8. The van der Waals surface area contributed by atoms with Gasteiger partial charge in [0.2, 0.25) is 0 Å². The molecule has 7 nitrogen and oxygen atoms in total. The van der Waals surface area contributed by atoms with Crippen molar-refractivity contribution in [2.45, 2.75) is 13.8 Å². The van der Waals surface area contributed by atoms with Crippen LogP contribution in [0.4, 0.5) is 5.69 Å². The maximum absolute atomic E-state index is 12.8. The minimum Gasteiger partial charge on any atom is -0.352 e. The molecule has 0 spiro atoms. The summed E-state index contributed by atoms with van der Waals surface area (Å²) in [7, 11) is 0. The Kier molecular flexibility index (Phi) is 6.42. The van der Waals surface area contributed by atoms with E-state index in [0.717, 1.165) is 11.3 Å². The summed E-state index contributed by atoms with van der Waals surface area (Å²) in [6.07, 6.45) is 3.60. The number of nitrogens with zero attached hydrogens (tertiary/aromatic N) is 3. The van der Waals surface area contributed by atoms with Crippen LogP contribution in [0.25, 0.3) is 16.3 Å². The van der Waals surface area contributed by atoms with Gasteiger partial charge in [0.1, 0.15) is 10.7 Å². The highest BCUT2D eigenvalue weighted by Crippen LogP contribution is 2.25. The lowest BCUT2D eigenvalue weighted by molar-refractivity contribution is 0.0950. The molecule has 0 fully saturated rings. The number of aromatic nitrogens is 3. The molecule has 0 atom stereocenters. The van der Waals surface area contributed by atoms with E-state index in [-0.39, 0.29) is 17.5 Å². The van der Waals surface area contributed by atoms with Crippen LogP contribution in [0.5, 0.6) is 0 Å². The highest BCUT2D eigenvalue weighted by atomic mass is 32.1. The molecule has 32 heavy (non-hydrogen) atoms. The van der Waals surface area contributed by atoms with Crippen LogP contribution in [0.3, 0.4) is 0 Å². The molecule has 2 heterocycles. The Morgan fingerprint density at radius 1 is 1.03 bits per heavy atom. The number of carbonyl (C=O) groups excluding carboxylic acids is 2. The SMILES string of the molecule is CC(C)CNC(=O)c1ccccc1NC(=O)c1csc(-c2cnn(-c3ccccc3)c2)n1. The zero-order valence-corrected chi connectivity index (χ0v) is 18.6. The maximum atomic E-state index is 12.8. The average Bonchev–Trinajstić information content (AvgIpc) is 3.48. The molecule has 2 aromatic heterocycles. The van der Waals surface area contributed by atoms with E-state index >= 15 is 0 Å². The van der Waals surface area contributed by atoms with E-state index in [9.17, 15) is 9.59 Å². The third-order valence-electron chi connectivity index (χ3n) is 4.68. The first kappa shape index (κ1) is 21.5. The fourth-order valence-electron chi connectivity index (χ4n) is 3.03. The van der Waals surface area contributed by atoms with Crippen molar-refractivity contribution in [3.8, 4) is 16.3 Å². The maximum Gasteiger partial charge on any atom is 0.275 e. The Balaban J connectivity index is 1.49. The standard InChI is InChI=1S/C24H23N5O2S/c1-16(2)12-25-22(30)19-10-6-7-11-20(19)27-23(31)21-15-32-24(28-21)17-13-26-29(14-17)18-8-4-3-5-9-18/h3-11,13-16H,12H2,1-2H3,(H,25,30)(H,27,31). The van der Waals surface area contributed by atoms with E-state index in [4.69, 9.17) is 0 Å². The van der Waals surface area contributed by atoms with Gasteiger partial charge in [-0.2, -0.15) is 5.10 Å². The van der Waals surface area contributed by atoms with Crippen molar-refractivity contribution in [2.24, 2.45) is 5.92 Å². The summed E-state index contributed by atoms with van der Waals surface area (Å²) < 4.78 is 1.77. The van der Waals surface area contributed by atoms with E-state index in [0.29, 0.717) is 28.7 Å². The quantitative estimate of drug-likeness (QED) is 0.434. The van der Waals surface area contributed by atoms with Gasteiger partial charge in [0.05, 0.1) is 23.1 Å². The van der Waals surface area contributed by atoms with Gasteiger partial charge in [-0.25, -0.2) is 9.67 Å². The lowest BCUT2D eigenvalue weighted by Gasteiger charge is -2.12. The Bertz CT molecular complexity index is 1230. The van der Waals surface area contributed by atoms with Crippen LogP contribution in [-0.4, -0.2) is 33.1 Å². The molecular formula is C24H23N5O2S. The van der Waals surface area contributed by atoms with E-state index in [1.165, 1.54) is 11.3 Å². The Morgan fingerprint density at radius 3 is 2.56 bits per heavy atom. The predicted octanol–water partition coefficient (Wildman–Crippen LogP) is 4.63. The molecule has 0 radical (unpaired) electrons. The molecule has 2 aromatic carbocycles. The van der Waals surface area contributed by atoms with Crippen LogP contribution >= 0.6 is 11.3 Å². The van der Waals surface area contributed by atoms with Crippen LogP contribution in [0, 0.1) is 5.92 Å². The number of hydrogen-bond acceptors (Lipinski definition) is 5.